The second kappa shape index (κ2) is 43.4. The molecule has 0 heterocycles. The minimum atomic E-state index is -1.05. The molecule has 9 aliphatic carbocycles. The lowest BCUT2D eigenvalue weighted by molar-refractivity contribution is 0.494. The van der Waals surface area contributed by atoms with Crippen LogP contribution in [0.25, 0.3) is 47.6 Å². The fraction of sp³-hybridized carbons (Fsp3) is 0.364. The van der Waals surface area contributed by atoms with Crippen LogP contribution in [0.1, 0.15) is 284 Å². The number of benzene rings is 9. The normalized spacial score (nSPS) is 15.9. The summed E-state index contributed by atoms with van der Waals surface area (Å²) in [5.41, 5.74) is 31.9. The summed E-state index contributed by atoms with van der Waals surface area (Å²) in [5.74, 6) is -4.03. The molecule has 0 N–H and O–H groups in total. The van der Waals surface area contributed by atoms with Crippen molar-refractivity contribution in [3.05, 3.63) is 357 Å². The smallest absolute Gasteiger partial charge is 0.169 e. The number of allylic oxidation sites excluding steroid dienone is 8. The Labute approximate surface area is 719 Å². The quantitative estimate of drug-likeness (QED) is 0.133. The van der Waals surface area contributed by atoms with Gasteiger partial charge in [0.05, 0.1) is 5.56 Å². The van der Waals surface area contributed by atoms with E-state index in [2.05, 4.69) is 102 Å². The van der Waals surface area contributed by atoms with E-state index >= 15 is 0 Å². The van der Waals surface area contributed by atoms with Gasteiger partial charge in [0.25, 0.3) is 0 Å². The van der Waals surface area contributed by atoms with Crippen LogP contribution in [0.15, 0.2) is 160 Å². The van der Waals surface area contributed by atoms with Gasteiger partial charge in [-0.15, -0.1) is 0 Å². The number of aryl methyl sites for hydroxylation is 15. The molecule has 12 heteroatoms. The molecule has 1 unspecified atom stereocenters. The minimum absolute atomic E-state index is 0.0127. The van der Waals surface area contributed by atoms with Gasteiger partial charge in [-0.05, 0) is 398 Å². The van der Waals surface area contributed by atoms with Crippen LogP contribution in [-0.2, 0) is 64.2 Å². The number of hydrogen-bond acceptors (Lipinski definition) is 0. The summed E-state index contributed by atoms with van der Waals surface area (Å²) in [4.78, 5) is 0. The first-order valence-corrected chi connectivity index (χ1v) is 43.3. The molecule has 18 rings (SSSR count). The molecule has 0 bridgehead atoms. The standard InChI is InChI=1S/C12H11F3.3C12H12F2.3C12H13F.C12H16.C12H14.C2H6/c1-6-3-4-8-5-7(2)11(14)12(15)9(8)10(6)13;1-7-5-9-4-3-8(2)12(14)11(9)10(13)6-7;1-7-3-4-9-5-8(2)11(13)6-10(9)12(7)14;1-7-3-4-10-9(5-7)6-11(13)8(2)12(10)14;2*1-8-3-6-11-10(7-8)5-4-9(2)12(11)13;1-8-3-4-10-6-9(2)12(13)7-11(10)5-8;2*1-9-3-5-12-8-10(2)4-6-11(12)7-9;1-2/h5H,3-4H2,1-2H3;3*5-6H,3-4H2,1-2H3;4-5,7H,3,6H2,1-2H3;3,6-7H,4-5H2,1-2H3;5-7H,3-4H2,1-2H3;3,5,7,10H,4,6,8H2,1-2H3;3,5,7-8H,4,6H2,1-2H3;1-2H3. The maximum Gasteiger partial charge on any atom is 0.169 e. The summed E-state index contributed by atoms with van der Waals surface area (Å²) in [6.07, 6.45) is 26.3. The Morgan fingerprint density at radius 3 is 1.25 bits per heavy atom. The lowest BCUT2D eigenvalue weighted by atomic mass is 9.84. The van der Waals surface area contributed by atoms with E-state index in [1.807, 2.05) is 97.9 Å². The summed E-state index contributed by atoms with van der Waals surface area (Å²) in [6, 6.07) is 36.3. The third kappa shape index (κ3) is 24.5. The average Bonchev–Trinajstić information content (AvgIpc) is 0.777. The zero-order valence-electron chi connectivity index (χ0n) is 75.3. The molecular weight excluding hydrogens is 1550 g/mol. The molecular formula is C110H122F12. The largest absolute Gasteiger partial charge is 0.207 e. The Kier molecular flexibility index (Phi) is 34.1. The van der Waals surface area contributed by atoms with Gasteiger partial charge in [-0.2, -0.15) is 0 Å². The molecule has 0 nitrogen and oxygen atoms in total. The summed E-state index contributed by atoms with van der Waals surface area (Å²) in [5, 5.41) is 0. The van der Waals surface area contributed by atoms with Crippen molar-refractivity contribution in [1.82, 2.24) is 0 Å². The number of rotatable bonds is 0. The summed E-state index contributed by atoms with van der Waals surface area (Å²) in [7, 11) is 0. The van der Waals surface area contributed by atoms with Crippen LogP contribution in [0, 0.1) is 115 Å². The van der Waals surface area contributed by atoms with Crippen molar-refractivity contribution >= 4 is 47.6 Å². The van der Waals surface area contributed by atoms with Crippen molar-refractivity contribution in [2.45, 2.75) is 260 Å². The Morgan fingerprint density at radius 2 is 0.656 bits per heavy atom. The highest BCUT2D eigenvalue weighted by atomic mass is 19.2. The van der Waals surface area contributed by atoms with Gasteiger partial charge in [-0.3, -0.25) is 0 Å². The minimum Gasteiger partial charge on any atom is -0.207 e. The van der Waals surface area contributed by atoms with Crippen molar-refractivity contribution in [2.75, 3.05) is 0 Å². The van der Waals surface area contributed by atoms with Gasteiger partial charge in [0.2, 0.25) is 0 Å². The first-order valence-electron chi connectivity index (χ1n) is 43.3. The zero-order chi connectivity index (χ0) is 89.4. The monoisotopic (exact) mass is 1670 g/mol. The number of hydrogen-bond donors (Lipinski definition) is 0. The molecule has 0 radical (unpaired) electrons. The molecule has 0 saturated carbocycles. The SMILES string of the molecule is CC.CC1=C(F)c2c(F)cc(C)cc2CC1.CC1=C(F)c2c(cc(C)c(F)c2F)CC1.CC1=C(F)c2cc(F)c(C)cc2CC1.CC1=C(F)c2ccc(C)cc2CC1.CC1=Cc2cc(F)c(C)c(F)c2CC1.CC1=Cc2cc(F)c(C)cc2CC1.CC1=Cc2ccc(C)c(F)c2CC1.CC1=Cc2ccc(C)cc2CC1.Cc1ccc2c(c1)CCC(C)C2. The second-order valence-electron chi connectivity index (χ2n) is 34.6. The van der Waals surface area contributed by atoms with Crippen LogP contribution >= 0.6 is 0 Å². The molecule has 646 valence electrons. The molecule has 0 spiro atoms. The van der Waals surface area contributed by atoms with Gasteiger partial charge in [0.15, 0.2) is 11.6 Å². The van der Waals surface area contributed by atoms with Crippen LogP contribution < -0.4 is 0 Å². The second-order valence-corrected chi connectivity index (χ2v) is 34.6. The van der Waals surface area contributed by atoms with Gasteiger partial charge in [0.1, 0.15) is 58.2 Å². The topological polar surface area (TPSA) is 0 Å². The van der Waals surface area contributed by atoms with Gasteiger partial charge >= 0.3 is 0 Å². The Hall–Kier alpha value is -9.94. The van der Waals surface area contributed by atoms with Crippen molar-refractivity contribution in [1.29, 1.82) is 0 Å². The maximum atomic E-state index is 13.6. The highest BCUT2D eigenvalue weighted by Gasteiger charge is 2.27. The van der Waals surface area contributed by atoms with E-state index in [9.17, 15) is 52.7 Å². The predicted octanol–water partition coefficient (Wildman–Crippen LogP) is 33.2. The molecule has 0 aromatic heterocycles. The molecule has 0 aliphatic heterocycles. The van der Waals surface area contributed by atoms with E-state index in [0.717, 1.165) is 137 Å². The van der Waals surface area contributed by atoms with Gasteiger partial charge < -0.3 is 0 Å². The number of halogens is 12. The molecule has 9 aliphatic rings. The van der Waals surface area contributed by atoms with Gasteiger partial charge in [0, 0.05) is 22.3 Å². The first-order chi connectivity index (χ1) is 57.8. The van der Waals surface area contributed by atoms with E-state index in [1.54, 1.807) is 51.0 Å². The molecule has 122 heavy (non-hydrogen) atoms. The highest BCUT2D eigenvalue weighted by molar-refractivity contribution is 5.72. The van der Waals surface area contributed by atoms with E-state index in [0.29, 0.717) is 64.6 Å². The molecule has 9 aromatic rings. The third-order valence-corrected chi connectivity index (χ3v) is 24.3. The first kappa shape index (κ1) is 95.9. The van der Waals surface area contributed by atoms with Crippen LogP contribution in [0.5, 0.6) is 0 Å². The Morgan fingerprint density at radius 1 is 0.246 bits per heavy atom. The lowest BCUT2D eigenvalue weighted by Gasteiger charge is -2.21. The van der Waals surface area contributed by atoms with E-state index in [4.69, 9.17) is 0 Å². The van der Waals surface area contributed by atoms with E-state index in [-0.39, 0.29) is 63.0 Å². The fourth-order valence-electron chi connectivity index (χ4n) is 16.7. The number of fused-ring (bicyclic) bond motifs is 9. The summed E-state index contributed by atoms with van der Waals surface area (Å²) >= 11 is 0. The van der Waals surface area contributed by atoms with Gasteiger partial charge in [-0.25, -0.2) is 52.7 Å². The zero-order valence-corrected chi connectivity index (χ0v) is 75.3. The molecule has 0 saturated heterocycles. The maximum absolute atomic E-state index is 13.6. The molecule has 0 amide bonds. The summed E-state index contributed by atoms with van der Waals surface area (Å²) < 4.78 is 161. The summed E-state index contributed by atoms with van der Waals surface area (Å²) in [6.45, 7) is 38.2. The third-order valence-electron chi connectivity index (χ3n) is 24.3. The van der Waals surface area contributed by atoms with Crippen LogP contribution in [0.2, 0.25) is 0 Å². The fourth-order valence-corrected chi connectivity index (χ4v) is 16.7. The van der Waals surface area contributed by atoms with E-state index in [1.165, 1.54) is 126 Å². The van der Waals surface area contributed by atoms with Crippen molar-refractivity contribution in [3.63, 3.8) is 0 Å². The lowest BCUT2D eigenvalue weighted by Crippen LogP contribution is -2.10. The average molecular weight is 1670 g/mol. The van der Waals surface area contributed by atoms with Crippen molar-refractivity contribution in [2.24, 2.45) is 5.92 Å². The molecule has 1 atom stereocenters. The Bertz CT molecular complexity index is 5630. The molecule has 9 aromatic carbocycles. The van der Waals surface area contributed by atoms with Gasteiger partial charge in [-0.1, -0.05) is 175 Å². The molecule has 0 fully saturated rings. The van der Waals surface area contributed by atoms with Crippen LogP contribution in [0.3, 0.4) is 0 Å². The van der Waals surface area contributed by atoms with Crippen molar-refractivity contribution < 1.29 is 52.7 Å². The highest BCUT2D eigenvalue weighted by Crippen LogP contribution is 2.40. The van der Waals surface area contributed by atoms with Crippen LogP contribution in [0.4, 0.5) is 52.7 Å². The van der Waals surface area contributed by atoms with Crippen LogP contribution in [-0.4, -0.2) is 0 Å². The Balaban J connectivity index is 0.000000156. The van der Waals surface area contributed by atoms with E-state index < -0.39 is 29.1 Å². The van der Waals surface area contributed by atoms with Crippen molar-refractivity contribution in [3.8, 4) is 0 Å². The predicted molar refractivity (Wildman–Crippen MR) is 489 cm³/mol.